The van der Waals surface area contributed by atoms with Gasteiger partial charge in [0.2, 0.25) is 6.79 Å². The van der Waals surface area contributed by atoms with Crippen molar-refractivity contribution in [2.24, 2.45) is 10.1 Å². The van der Waals surface area contributed by atoms with E-state index in [1.807, 2.05) is 0 Å². The van der Waals surface area contributed by atoms with Crippen molar-refractivity contribution in [1.82, 2.24) is 0 Å². The summed E-state index contributed by atoms with van der Waals surface area (Å²) in [4.78, 5) is 16.8. The Labute approximate surface area is 148 Å². The first kappa shape index (κ1) is 15.9. The molecule has 0 unspecified atom stereocenters. The van der Waals surface area contributed by atoms with Gasteiger partial charge < -0.3 is 19.8 Å². The maximum atomic E-state index is 12.5. The molecule has 0 aromatic heterocycles. The van der Waals surface area contributed by atoms with E-state index < -0.39 is 0 Å². The van der Waals surface area contributed by atoms with E-state index in [0.717, 1.165) is 0 Å². The lowest BCUT2D eigenvalue weighted by Gasteiger charge is -2.06. The SMILES string of the molecule is C/C(=N/O)c1cc2c(cc1N=CC1=C(O)c3ccccc3C1=O)OCO2. The number of hydrogen-bond acceptors (Lipinski definition) is 7. The van der Waals surface area contributed by atoms with Crippen LogP contribution in [0.5, 0.6) is 11.5 Å². The maximum Gasteiger partial charge on any atom is 0.231 e. The predicted molar refractivity (Wildman–Crippen MR) is 95.0 cm³/mol. The molecule has 130 valence electrons. The van der Waals surface area contributed by atoms with Gasteiger partial charge >= 0.3 is 0 Å². The molecule has 7 heteroatoms. The Morgan fingerprint density at radius 3 is 2.54 bits per heavy atom. The van der Waals surface area contributed by atoms with Crippen LogP contribution in [0.4, 0.5) is 5.69 Å². The minimum absolute atomic E-state index is 0.0942. The van der Waals surface area contributed by atoms with Crippen molar-refractivity contribution < 1.29 is 24.6 Å². The third-order valence-corrected chi connectivity index (χ3v) is 4.29. The summed E-state index contributed by atoms with van der Waals surface area (Å²) in [6.45, 7) is 1.71. The maximum absolute atomic E-state index is 12.5. The van der Waals surface area contributed by atoms with Gasteiger partial charge in [-0.3, -0.25) is 9.79 Å². The largest absolute Gasteiger partial charge is 0.506 e. The second-order valence-corrected chi connectivity index (χ2v) is 5.80. The number of carbonyl (C=O) groups excluding carboxylic acids is 1. The molecule has 2 N–H and O–H groups in total. The fourth-order valence-electron chi connectivity index (χ4n) is 2.92. The lowest BCUT2D eigenvalue weighted by molar-refractivity contribution is 0.104. The lowest BCUT2D eigenvalue weighted by atomic mass is 10.1. The van der Waals surface area contributed by atoms with Crippen molar-refractivity contribution in [2.45, 2.75) is 6.92 Å². The fraction of sp³-hybridized carbons (Fsp3) is 0.105. The average molecular weight is 350 g/mol. The minimum atomic E-state index is -0.295. The van der Waals surface area contributed by atoms with Gasteiger partial charge in [0.1, 0.15) is 5.76 Å². The van der Waals surface area contributed by atoms with Crippen LogP contribution in [0.2, 0.25) is 0 Å². The molecular formula is C19H14N2O5. The number of ketones is 1. The molecule has 0 fully saturated rings. The molecule has 0 atom stereocenters. The first-order chi connectivity index (χ1) is 12.6. The molecule has 0 bridgehead atoms. The van der Waals surface area contributed by atoms with Gasteiger partial charge in [-0.2, -0.15) is 0 Å². The minimum Gasteiger partial charge on any atom is -0.506 e. The summed E-state index contributed by atoms with van der Waals surface area (Å²) in [5.74, 6) is 0.625. The Bertz CT molecular complexity index is 1020. The van der Waals surface area contributed by atoms with E-state index in [1.54, 1.807) is 43.3 Å². The van der Waals surface area contributed by atoms with E-state index in [1.165, 1.54) is 6.21 Å². The smallest absolute Gasteiger partial charge is 0.231 e. The summed E-state index contributed by atoms with van der Waals surface area (Å²) in [5, 5.41) is 22.6. The zero-order chi connectivity index (χ0) is 18.3. The van der Waals surface area contributed by atoms with Gasteiger partial charge in [-0.25, -0.2) is 0 Å². The third-order valence-electron chi connectivity index (χ3n) is 4.29. The summed E-state index contributed by atoms with van der Waals surface area (Å²) in [5.41, 5.74) is 2.30. The first-order valence-corrected chi connectivity index (χ1v) is 7.84. The van der Waals surface area contributed by atoms with Crippen molar-refractivity contribution in [1.29, 1.82) is 0 Å². The highest BCUT2D eigenvalue weighted by Crippen LogP contribution is 2.39. The Hall–Kier alpha value is -3.61. The highest BCUT2D eigenvalue weighted by molar-refractivity contribution is 6.30. The lowest BCUT2D eigenvalue weighted by Crippen LogP contribution is -2.00. The molecule has 1 aliphatic heterocycles. The zero-order valence-corrected chi connectivity index (χ0v) is 13.8. The summed E-state index contributed by atoms with van der Waals surface area (Å²) in [6.07, 6.45) is 1.31. The fourth-order valence-corrected chi connectivity index (χ4v) is 2.92. The van der Waals surface area contributed by atoms with Crippen molar-refractivity contribution in [3.63, 3.8) is 0 Å². The summed E-state index contributed by atoms with van der Waals surface area (Å²) in [7, 11) is 0. The number of nitrogens with zero attached hydrogens (tertiary/aromatic N) is 2. The molecule has 0 amide bonds. The van der Waals surface area contributed by atoms with Gasteiger partial charge in [-0.05, 0) is 13.0 Å². The van der Waals surface area contributed by atoms with E-state index in [-0.39, 0.29) is 23.9 Å². The molecule has 0 saturated heterocycles. The molecule has 2 aromatic rings. The number of allylic oxidation sites excluding steroid dienone is 1. The average Bonchev–Trinajstić information content (AvgIpc) is 3.22. The summed E-state index contributed by atoms with van der Waals surface area (Å²) in [6, 6.07) is 10.1. The predicted octanol–water partition coefficient (Wildman–Crippen LogP) is 3.48. The van der Waals surface area contributed by atoms with Crippen LogP contribution in [0.25, 0.3) is 5.76 Å². The highest BCUT2D eigenvalue weighted by Gasteiger charge is 2.28. The van der Waals surface area contributed by atoms with Crippen molar-refractivity contribution in [3.8, 4) is 11.5 Å². The van der Waals surface area contributed by atoms with E-state index in [4.69, 9.17) is 14.7 Å². The Kier molecular flexibility index (Phi) is 3.69. The van der Waals surface area contributed by atoms with Crippen LogP contribution in [-0.4, -0.2) is 34.8 Å². The third kappa shape index (κ3) is 2.41. The quantitative estimate of drug-likeness (QED) is 0.501. The molecule has 26 heavy (non-hydrogen) atoms. The number of oxime groups is 1. The number of benzene rings is 2. The second-order valence-electron chi connectivity index (χ2n) is 5.80. The van der Waals surface area contributed by atoms with E-state index in [2.05, 4.69) is 10.1 Å². The Morgan fingerprint density at radius 2 is 1.85 bits per heavy atom. The normalized spacial score (nSPS) is 15.9. The van der Waals surface area contributed by atoms with Crippen molar-refractivity contribution in [3.05, 3.63) is 58.7 Å². The number of rotatable bonds is 3. The molecule has 0 spiro atoms. The molecule has 4 rings (SSSR count). The number of ether oxygens (including phenoxy) is 2. The molecule has 1 aliphatic carbocycles. The molecule has 1 heterocycles. The molecule has 7 nitrogen and oxygen atoms in total. The van der Waals surface area contributed by atoms with Crippen molar-refractivity contribution in [2.75, 3.05) is 6.79 Å². The molecule has 2 aromatic carbocycles. The summed E-state index contributed by atoms with van der Waals surface area (Å²) < 4.78 is 10.7. The number of aliphatic hydroxyl groups is 1. The Morgan fingerprint density at radius 1 is 1.15 bits per heavy atom. The molecule has 2 aliphatic rings. The van der Waals surface area contributed by atoms with E-state index in [9.17, 15) is 9.90 Å². The van der Waals surface area contributed by atoms with Crippen LogP contribution in [0.1, 0.15) is 28.4 Å². The van der Waals surface area contributed by atoms with Crippen LogP contribution in [-0.2, 0) is 0 Å². The van der Waals surface area contributed by atoms with E-state index >= 15 is 0 Å². The highest BCUT2D eigenvalue weighted by atomic mass is 16.7. The summed E-state index contributed by atoms with van der Waals surface area (Å²) >= 11 is 0. The van der Waals surface area contributed by atoms with Gasteiger partial charge in [0, 0.05) is 29.0 Å². The van der Waals surface area contributed by atoms with E-state index in [0.29, 0.717) is 39.6 Å². The standard InChI is InChI=1S/C19H14N2O5/c1-10(21-24)13-6-16-17(26-9-25-16)7-15(13)20-8-14-18(22)11-4-2-3-5-12(11)19(14)23/h2-8,22,24H,9H2,1H3/b20-8?,21-10-. The van der Waals surface area contributed by atoms with Gasteiger partial charge in [0.15, 0.2) is 17.3 Å². The molecule has 0 radical (unpaired) electrons. The topological polar surface area (TPSA) is 101 Å². The van der Waals surface area contributed by atoms with Crippen molar-refractivity contribution >= 4 is 29.2 Å². The van der Waals surface area contributed by atoms with Crippen LogP contribution in [0.3, 0.4) is 0 Å². The number of aliphatic imine (C=N–C) groups is 1. The number of Topliss-reactive ketones (excluding diaryl/α,β-unsaturated/α-hetero) is 1. The van der Waals surface area contributed by atoms with Crippen LogP contribution in [0.15, 0.2) is 52.1 Å². The second kappa shape index (κ2) is 6.03. The molecular weight excluding hydrogens is 336 g/mol. The number of fused-ring (bicyclic) bond motifs is 2. The van der Waals surface area contributed by atoms with Gasteiger partial charge in [-0.1, -0.05) is 29.4 Å². The van der Waals surface area contributed by atoms with Crippen LogP contribution < -0.4 is 9.47 Å². The van der Waals surface area contributed by atoms with Crippen LogP contribution in [0, 0.1) is 0 Å². The van der Waals surface area contributed by atoms with Gasteiger partial charge in [-0.15, -0.1) is 0 Å². The molecule has 0 saturated carbocycles. The van der Waals surface area contributed by atoms with Crippen LogP contribution >= 0.6 is 0 Å². The van der Waals surface area contributed by atoms with Gasteiger partial charge in [0.25, 0.3) is 0 Å². The zero-order valence-electron chi connectivity index (χ0n) is 13.8. The monoisotopic (exact) mass is 350 g/mol. The van der Waals surface area contributed by atoms with Gasteiger partial charge in [0.05, 0.1) is 17.0 Å². The first-order valence-electron chi connectivity index (χ1n) is 7.84. The number of carbonyl (C=O) groups is 1. The number of hydrogen-bond donors (Lipinski definition) is 2. The Balaban J connectivity index is 1.77. The number of aliphatic hydroxyl groups excluding tert-OH is 1.